The van der Waals surface area contributed by atoms with Gasteiger partial charge in [0.2, 0.25) is 0 Å². The van der Waals surface area contributed by atoms with Crippen LogP contribution in [0.2, 0.25) is 5.02 Å². The van der Waals surface area contributed by atoms with Crippen LogP contribution in [0.5, 0.6) is 5.75 Å². The predicted molar refractivity (Wildman–Crippen MR) is 49.0 cm³/mol. The van der Waals surface area contributed by atoms with Gasteiger partial charge in [-0.3, -0.25) is 0 Å². The largest absolute Gasteiger partial charge is 0.496 e. The van der Waals surface area contributed by atoms with Crippen molar-refractivity contribution in [2.24, 2.45) is 0 Å². The third-order valence-corrected chi connectivity index (χ3v) is 2.15. The van der Waals surface area contributed by atoms with Crippen LogP contribution in [0.25, 0.3) is 0 Å². The van der Waals surface area contributed by atoms with E-state index in [0.29, 0.717) is 0 Å². The van der Waals surface area contributed by atoms with Crippen LogP contribution < -0.4 is 4.74 Å². The first-order chi connectivity index (χ1) is 6.88. The zero-order chi connectivity index (χ0) is 11.6. The number of halogens is 4. The van der Waals surface area contributed by atoms with E-state index >= 15 is 0 Å². The van der Waals surface area contributed by atoms with Crippen LogP contribution in [0, 0.1) is 0 Å². The lowest BCUT2D eigenvalue weighted by atomic mass is 10.1. The number of methoxy groups -OCH3 is 1. The maximum absolute atomic E-state index is 12.3. The Bertz CT molecular complexity index is 352. The van der Waals surface area contributed by atoms with Crippen molar-refractivity contribution in [3.8, 4) is 5.75 Å². The van der Waals surface area contributed by atoms with Gasteiger partial charge in [0.25, 0.3) is 0 Å². The topological polar surface area (TPSA) is 29.5 Å². The minimum Gasteiger partial charge on any atom is -0.496 e. The summed E-state index contributed by atoms with van der Waals surface area (Å²) in [6, 6.07) is 4.00. The molecule has 0 aliphatic carbocycles. The number of benzene rings is 1. The van der Waals surface area contributed by atoms with Gasteiger partial charge in [-0.05, 0) is 12.1 Å². The Labute approximate surface area is 89.2 Å². The minimum atomic E-state index is -4.77. The van der Waals surface area contributed by atoms with Crippen LogP contribution in [0.4, 0.5) is 13.2 Å². The van der Waals surface area contributed by atoms with E-state index in [1.807, 2.05) is 0 Å². The normalized spacial score (nSPS) is 13.7. The fourth-order valence-corrected chi connectivity index (χ4v) is 1.39. The highest BCUT2D eigenvalue weighted by atomic mass is 35.5. The summed E-state index contributed by atoms with van der Waals surface area (Å²) in [5.41, 5.74) is -0.464. The van der Waals surface area contributed by atoms with E-state index in [9.17, 15) is 13.2 Å². The standard InChI is InChI=1S/C9H8ClF3O2/c1-15-6-4-2-3-5(10)7(6)8(14)9(11,12)13/h2-4,8,14H,1H3. The SMILES string of the molecule is COc1cccc(Cl)c1C(O)C(F)(F)F. The lowest BCUT2D eigenvalue weighted by molar-refractivity contribution is -0.207. The van der Waals surface area contributed by atoms with Crippen molar-refractivity contribution in [2.45, 2.75) is 12.3 Å². The van der Waals surface area contributed by atoms with Crippen molar-refractivity contribution in [3.63, 3.8) is 0 Å². The highest BCUT2D eigenvalue weighted by Crippen LogP contribution is 2.40. The monoisotopic (exact) mass is 240 g/mol. The third kappa shape index (κ3) is 2.54. The van der Waals surface area contributed by atoms with Crippen LogP contribution in [0.3, 0.4) is 0 Å². The summed E-state index contributed by atoms with van der Waals surface area (Å²) in [4.78, 5) is 0. The molecule has 1 unspecified atom stereocenters. The molecule has 2 nitrogen and oxygen atoms in total. The number of rotatable bonds is 2. The van der Waals surface area contributed by atoms with Gasteiger partial charge in [-0.1, -0.05) is 17.7 Å². The van der Waals surface area contributed by atoms with Crippen LogP contribution >= 0.6 is 11.6 Å². The fourth-order valence-electron chi connectivity index (χ4n) is 1.12. The third-order valence-electron chi connectivity index (χ3n) is 1.82. The van der Waals surface area contributed by atoms with Gasteiger partial charge in [0.1, 0.15) is 5.75 Å². The Morgan fingerprint density at radius 1 is 1.40 bits per heavy atom. The highest BCUT2D eigenvalue weighted by Gasteiger charge is 2.42. The van der Waals surface area contributed by atoms with E-state index in [2.05, 4.69) is 0 Å². The molecule has 0 aliphatic rings. The molecule has 0 fully saturated rings. The molecule has 0 heterocycles. The molecule has 1 N–H and O–H groups in total. The molecule has 84 valence electrons. The first-order valence-electron chi connectivity index (χ1n) is 3.95. The number of alkyl halides is 3. The van der Waals surface area contributed by atoms with Crippen molar-refractivity contribution in [3.05, 3.63) is 28.8 Å². The van der Waals surface area contributed by atoms with Gasteiger partial charge in [-0.15, -0.1) is 0 Å². The lowest BCUT2D eigenvalue weighted by Crippen LogP contribution is -2.21. The maximum Gasteiger partial charge on any atom is 0.418 e. The fraction of sp³-hybridized carbons (Fsp3) is 0.333. The molecule has 0 bridgehead atoms. The minimum absolute atomic E-state index is 0.0904. The molecular formula is C9H8ClF3O2. The second-order valence-corrected chi connectivity index (χ2v) is 3.21. The molecule has 1 aromatic carbocycles. The predicted octanol–water partition coefficient (Wildman–Crippen LogP) is 2.94. The number of aliphatic hydroxyl groups is 1. The van der Waals surface area contributed by atoms with Crippen molar-refractivity contribution >= 4 is 11.6 Å². The van der Waals surface area contributed by atoms with E-state index in [1.54, 1.807) is 0 Å². The molecule has 0 aliphatic heterocycles. The summed E-state index contributed by atoms with van der Waals surface area (Å²) in [5, 5.41) is 8.88. The quantitative estimate of drug-likeness (QED) is 0.861. The Balaban J connectivity index is 3.23. The zero-order valence-electron chi connectivity index (χ0n) is 7.68. The van der Waals surface area contributed by atoms with Gasteiger partial charge in [-0.2, -0.15) is 13.2 Å². The molecule has 0 aromatic heterocycles. The highest BCUT2D eigenvalue weighted by molar-refractivity contribution is 6.31. The Morgan fingerprint density at radius 2 is 2.00 bits per heavy atom. The van der Waals surface area contributed by atoms with Crippen LogP contribution in [-0.4, -0.2) is 18.4 Å². The van der Waals surface area contributed by atoms with Gasteiger partial charge in [0.05, 0.1) is 17.7 Å². The molecule has 0 saturated carbocycles. The van der Waals surface area contributed by atoms with E-state index in [-0.39, 0.29) is 10.8 Å². The summed E-state index contributed by atoms with van der Waals surface area (Å²) in [6.07, 6.45) is -7.40. The second kappa shape index (κ2) is 4.28. The average molecular weight is 241 g/mol. The molecule has 0 radical (unpaired) electrons. The van der Waals surface area contributed by atoms with Gasteiger partial charge >= 0.3 is 6.18 Å². The first kappa shape index (κ1) is 12.1. The van der Waals surface area contributed by atoms with Crippen LogP contribution in [0.1, 0.15) is 11.7 Å². The second-order valence-electron chi connectivity index (χ2n) is 2.80. The molecule has 0 amide bonds. The number of ether oxygens (including phenoxy) is 1. The summed E-state index contributed by atoms with van der Waals surface area (Å²) in [5.74, 6) is -0.0904. The molecule has 0 spiro atoms. The van der Waals surface area contributed by atoms with Crippen molar-refractivity contribution in [1.82, 2.24) is 0 Å². The van der Waals surface area contributed by atoms with Crippen LogP contribution in [-0.2, 0) is 0 Å². The summed E-state index contributed by atoms with van der Waals surface area (Å²) >= 11 is 5.57. The van der Waals surface area contributed by atoms with Crippen molar-refractivity contribution < 1.29 is 23.0 Å². The van der Waals surface area contributed by atoms with Gasteiger partial charge in [-0.25, -0.2) is 0 Å². The van der Waals surface area contributed by atoms with E-state index in [1.165, 1.54) is 25.3 Å². The lowest BCUT2D eigenvalue weighted by Gasteiger charge is -2.18. The molecule has 1 rings (SSSR count). The Hall–Kier alpha value is -0.940. The average Bonchev–Trinajstić information content (AvgIpc) is 2.15. The summed E-state index contributed by atoms with van der Waals surface area (Å²) < 4.78 is 41.5. The first-order valence-corrected chi connectivity index (χ1v) is 4.33. The number of hydrogen-bond acceptors (Lipinski definition) is 2. The van der Waals surface area contributed by atoms with E-state index < -0.39 is 17.8 Å². The van der Waals surface area contributed by atoms with Crippen LogP contribution in [0.15, 0.2) is 18.2 Å². The zero-order valence-corrected chi connectivity index (χ0v) is 8.43. The summed E-state index contributed by atoms with van der Waals surface area (Å²) in [7, 11) is 1.21. The molecule has 1 aromatic rings. The van der Waals surface area contributed by atoms with E-state index in [0.717, 1.165) is 0 Å². The summed E-state index contributed by atoms with van der Waals surface area (Å²) in [6.45, 7) is 0. The number of aliphatic hydroxyl groups excluding tert-OH is 1. The Morgan fingerprint density at radius 3 is 2.47 bits per heavy atom. The van der Waals surface area contributed by atoms with Crippen molar-refractivity contribution in [1.29, 1.82) is 0 Å². The maximum atomic E-state index is 12.3. The van der Waals surface area contributed by atoms with Gasteiger partial charge < -0.3 is 9.84 Å². The number of hydrogen-bond donors (Lipinski definition) is 1. The molecule has 6 heteroatoms. The van der Waals surface area contributed by atoms with Crippen molar-refractivity contribution in [2.75, 3.05) is 7.11 Å². The Kier molecular flexibility index (Phi) is 3.46. The molecule has 15 heavy (non-hydrogen) atoms. The molecule has 0 saturated heterocycles. The smallest absolute Gasteiger partial charge is 0.418 e. The molecular weight excluding hydrogens is 233 g/mol. The van der Waals surface area contributed by atoms with Gasteiger partial charge in [0, 0.05) is 0 Å². The molecule has 1 atom stereocenters. The van der Waals surface area contributed by atoms with E-state index in [4.69, 9.17) is 21.4 Å². The van der Waals surface area contributed by atoms with Gasteiger partial charge in [0.15, 0.2) is 6.10 Å².